The van der Waals surface area contributed by atoms with Crippen LogP contribution in [0.3, 0.4) is 0 Å². The second-order valence-corrected chi connectivity index (χ2v) is 5.96. The van der Waals surface area contributed by atoms with Crippen molar-refractivity contribution in [3.63, 3.8) is 0 Å². The lowest BCUT2D eigenvalue weighted by molar-refractivity contribution is -0.384. The Kier molecular flexibility index (Phi) is 4.67. The first kappa shape index (κ1) is 16.5. The molecule has 2 rings (SSSR count). The van der Waals surface area contributed by atoms with Gasteiger partial charge in [-0.2, -0.15) is 5.10 Å². The first-order valence-electron chi connectivity index (χ1n) is 6.13. The van der Waals surface area contributed by atoms with E-state index in [0.29, 0.717) is 5.56 Å². The molecule has 2 aromatic carbocycles. The predicted molar refractivity (Wildman–Crippen MR) is 82.1 cm³/mol. The molecule has 23 heavy (non-hydrogen) atoms. The topological polar surface area (TPSA) is 128 Å². The summed E-state index contributed by atoms with van der Waals surface area (Å²) in [6, 6.07) is 8.57. The third kappa shape index (κ3) is 4.31. The summed E-state index contributed by atoms with van der Waals surface area (Å²) in [7, 11) is -4.05. The maximum absolute atomic E-state index is 12.8. The van der Waals surface area contributed by atoms with Crippen molar-refractivity contribution < 1.29 is 17.7 Å². The lowest BCUT2D eigenvalue weighted by Crippen LogP contribution is -2.12. The lowest BCUT2D eigenvalue weighted by atomic mass is 10.2. The van der Waals surface area contributed by atoms with Gasteiger partial charge in [0, 0.05) is 6.07 Å². The number of hydrogen-bond acceptors (Lipinski definition) is 6. The van der Waals surface area contributed by atoms with E-state index in [9.17, 15) is 22.9 Å². The van der Waals surface area contributed by atoms with E-state index in [0.717, 1.165) is 12.1 Å². The van der Waals surface area contributed by atoms with Crippen molar-refractivity contribution in [2.24, 2.45) is 10.2 Å². The first-order valence-corrected chi connectivity index (χ1v) is 7.68. The molecule has 10 heteroatoms. The summed E-state index contributed by atoms with van der Waals surface area (Å²) in [5.74, 6) is -0.399. The van der Waals surface area contributed by atoms with Gasteiger partial charge in [-0.05, 0) is 29.8 Å². The Morgan fingerprint density at radius 1 is 1.22 bits per heavy atom. The van der Waals surface area contributed by atoms with E-state index in [-0.39, 0.29) is 10.6 Å². The second-order valence-electron chi connectivity index (χ2n) is 4.40. The Morgan fingerprint density at radius 2 is 1.87 bits per heavy atom. The SMILES string of the molecule is NS(=O)(=O)c1ccc(N/N=C\c2ccc(F)cc2)c([N+](=O)[O-])c1. The number of halogens is 1. The predicted octanol–water partition coefficient (Wildman–Crippen LogP) is 1.83. The Hall–Kier alpha value is -2.85. The van der Waals surface area contributed by atoms with Crippen LogP contribution < -0.4 is 10.6 Å². The van der Waals surface area contributed by atoms with Gasteiger partial charge in [-0.25, -0.2) is 17.9 Å². The minimum atomic E-state index is -4.05. The zero-order valence-corrected chi connectivity index (χ0v) is 12.3. The van der Waals surface area contributed by atoms with Crippen molar-refractivity contribution in [3.05, 3.63) is 64.0 Å². The molecule has 0 unspecified atom stereocenters. The van der Waals surface area contributed by atoms with Gasteiger partial charge in [-0.15, -0.1) is 0 Å². The van der Waals surface area contributed by atoms with Crippen LogP contribution in [0.1, 0.15) is 5.56 Å². The van der Waals surface area contributed by atoms with Gasteiger partial charge in [0.2, 0.25) is 10.0 Å². The standard InChI is InChI=1S/C13H11FN4O4S/c14-10-3-1-9(2-4-10)8-16-17-12-6-5-11(23(15,21)22)7-13(12)18(19)20/h1-8,17H,(H2,15,21,22)/b16-8-. The molecule has 0 saturated heterocycles. The molecule has 0 atom stereocenters. The maximum Gasteiger partial charge on any atom is 0.295 e. The highest BCUT2D eigenvalue weighted by atomic mass is 32.2. The number of nitro benzene ring substituents is 1. The molecule has 0 amide bonds. The van der Waals surface area contributed by atoms with Gasteiger partial charge in [0.05, 0.1) is 16.0 Å². The summed E-state index contributed by atoms with van der Waals surface area (Å²) in [6.07, 6.45) is 1.33. The summed E-state index contributed by atoms with van der Waals surface area (Å²) in [5, 5.41) is 19.7. The molecule has 0 heterocycles. The van der Waals surface area contributed by atoms with Gasteiger partial charge >= 0.3 is 0 Å². The number of primary sulfonamides is 1. The average molecular weight is 338 g/mol. The van der Waals surface area contributed by atoms with E-state index in [4.69, 9.17) is 5.14 Å². The molecule has 120 valence electrons. The second kappa shape index (κ2) is 6.50. The number of nitrogens with zero attached hydrogens (tertiary/aromatic N) is 2. The van der Waals surface area contributed by atoms with Crippen LogP contribution in [0.2, 0.25) is 0 Å². The number of nitrogens with two attached hydrogens (primary N) is 1. The maximum atomic E-state index is 12.8. The summed E-state index contributed by atoms with van der Waals surface area (Å²) in [5.41, 5.74) is 2.50. The summed E-state index contributed by atoms with van der Waals surface area (Å²) >= 11 is 0. The molecular formula is C13H11FN4O4S. The first-order chi connectivity index (χ1) is 10.8. The lowest BCUT2D eigenvalue weighted by Gasteiger charge is -2.04. The van der Waals surface area contributed by atoms with Crippen molar-refractivity contribution in [1.29, 1.82) is 0 Å². The van der Waals surface area contributed by atoms with Crippen LogP contribution in [0.25, 0.3) is 0 Å². The third-order valence-corrected chi connectivity index (χ3v) is 3.67. The smallest absolute Gasteiger partial charge is 0.272 e. The summed E-state index contributed by atoms with van der Waals surface area (Å²) < 4.78 is 35.2. The molecule has 0 aliphatic carbocycles. The number of anilines is 1. The van der Waals surface area contributed by atoms with Crippen LogP contribution in [0.5, 0.6) is 0 Å². The normalized spacial score (nSPS) is 11.6. The summed E-state index contributed by atoms with van der Waals surface area (Å²) in [6.45, 7) is 0. The number of rotatable bonds is 5. The van der Waals surface area contributed by atoms with Crippen LogP contribution in [0.15, 0.2) is 52.5 Å². The fraction of sp³-hybridized carbons (Fsp3) is 0. The van der Waals surface area contributed by atoms with Gasteiger partial charge in [-0.1, -0.05) is 12.1 Å². The zero-order chi connectivity index (χ0) is 17.0. The van der Waals surface area contributed by atoms with E-state index >= 15 is 0 Å². The molecule has 0 bridgehead atoms. The molecule has 0 aromatic heterocycles. The van der Waals surface area contributed by atoms with Crippen LogP contribution in [0.4, 0.5) is 15.8 Å². The highest BCUT2D eigenvalue weighted by Gasteiger charge is 2.18. The van der Waals surface area contributed by atoms with Crippen molar-refractivity contribution in [3.8, 4) is 0 Å². The number of sulfonamides is 1. The molecule has 0 spiro atoms. The van der Waals surface area contributed by atoms with Crippen LogP contribution in [-0.4, -0.2) is 19.6 Å². The van der Waals surface area contributed by atoms with Crippen LogP contribution in [-0.2, 0) is 10.0 Å². The van der Waals surface area contributed by atoms with Crippen LogP contribution in [0, 0.1) is 15.9 Å². The number of hydrazone groups is 1. The third-order valence-electron chi connectivity index (χ3n) is 2.76. The molecule has 2 aromatic rings. The van der Waals surface area contributed by atoms with Crippen molar-refractivity contribution in [2.75, 3.05) is 5.43 Å². The number of hydrogen-bond donors (Lipinski definition) is 2. The number of nitro groups is 1. The quantitative estimate of drug-likeness (QED) is 0.488. The van der Waals surface area contributed by atoms with E-state index < -0.39 is 26.5 Å². The van der Waals surface area contributed by atoms with Gasteiger partial charge in [0.1, 0.15) is 11.5 Å². The van der Waals surface area contributed by atoms with Crippen molar-refractivity contribution in [2.45, 2.75) is 4.90 Å². The Morgan fingerprint density at radius 3 is 2.43 bits per heavy atom. The minimum Gasteiger partial charge on any atom is -0.272 e. The fourth-order valence-corrected chi connectivity index (χ4v) is 2.19. The van der Waals surface area contributed by atoms with Gasteiger partial charge in [0.25, 0.3) is 5.69 Å². The average Bonchev–Trinajstić information content (AvgIpc) is 2.48. The highest BCUT2D eigenvalue weighted by molar-refractivity contribution is 7.89. The van der Waals surface area contributed by atoms with E-state index in [1.54, 1.807) is 0 Å². The monoisotopic (exact) mass is 338 g/mol. The van der Waals surface area contributed by atoms with Gasteiger partial charge < -0.3 is 0 Å². The van der Waals surface area contributed by atoms with Crippen molar-refractivity contribution >= 4 is 27.6 Å². The molecule has 0 aliphatic heterocycles. The zero-order valence-electron chi connectivity index (χ0n) is 11.5. The molecule has 0 aliphatic rings. The van der Waals surface area contributed by atoms with E-state index in [1.165, 1.54) is 36.5 Å². The molecule has 0 radical (unpaired) electrons. The molecular weight excluding hydrogens is 327 g/mol. The minimum absolute atomic E-state index is 0.0132. The number of benzene rings is 2. The van der Waals surface area contributed by atoms with E-state index in [1.807, 2.05) is 0 Å². The molecule has 0 fully saturated rings. The van der Waals surface area contributed by atoms with Gasteiger partial charge in [0.15, 0.2) is 0 Å². The summed E-state index contributed by atoms with van der Waals surface area (Å²) in [4.78, 5) is 9.87. The Balaban J connectivity index is 2.25. The Labute approximate surface area is 130 Å². The molecule has 3 N–H and O–H groups in total. The molecule has 0 saturated carbocycles. The van der Waals surface area contributed by atoms with Crippen LogP contribution >= 0.6 is 0 Å². The fourth-order valence-electron chi connectivity index (χ4n) is 1.66. The van der Waals surface area contributed by atoms with E-state index in [2.05, 4.69) is 10.5 Å². The largest absolute Gasteiger partial charge is 0.295 e. The molecule has 8 nitrogen and oxygen atoms in total. The van der Waals surface area contributed by atoms with Gasteiger partial charge in [-0.3, -0.25) is 15.5 Å². The van der Waals surface area contributed by atoms with Crippen molar-refractivity contribution in [1.82, 2.24) is 0 Å². The highest BCUT2D eigenvalue weighted by Crippen LogP contribution is 2.27. The number of nitrogens with one attached hydrogen (secondary N) is 1. The Bertz CT molecular complexity index is 866.